The van der Waals surface area contributed by atoms with Crippen molar-refractivity contribution in [1.82, 2.24) is 4.57 Å². The molecule has 1 aliphatic rings. The number of aromatic nitrogens is 1. The molecule has 0 N–H and O–H groups in total. The van der Waals surface area contributed by atoms with Crippen molar-refractivity contribution in [3.05, 3.63) is 77.8 Å². The van der Waals surface area contributed by atoms with Gasteiger partial charge in [-0.3, -0.25) is 9.59 Å². The molecule has 0 saturated carbocycles. The highest BCUT2D eigenvalue weighted by molar-refractivity contribution is 8.18. The predicted octanol–water partition coefficient (Wildman–Crippen LogP) is 4.96. The van der Waals surface area contributed by atoms with Crippen LogP contribution in [0.25, 0.3) is 10.9 Å². The fraction of sp³-hybridized carbons (Fsp3) is 0.100. The lowest BCUT2D eigenvalue weighted by atomic mass is 10.1. The van der Waals surface area contributed by atoms with Crippen molar-refractivity contribution >= 4 is 39.5 Å². The normalized spacial score (nSPS) is 16.0. The number of nitrogens with zero attached hydrogens (tertiary/aromatic N) is 2. The number of thioether (sulfide) groups is 1. The van der Waals surface area contributed by atoms with Crippen molar-refractivity contribution in [1.29, 1.82) is 0 Å². The minimum atomic E-state index is -0.341. The van der Waals surface area contributed by atoms with E-state index in [-0.39, 0.29) is 22.1 Å². The zero-order valence-electron chi connectivity index (χ0n) is 13.7. The first kappa shape index (κ1) is 15.7. The Balaban J connectivity index is 1.83. The van der Waals surface area contributed by atoms with Crippen LogP contribution in [0.15, 0.2) is 72.3 Å². The number of fused-ring (bicyclic) bond motifs is 1. The first-order chi connectivity index (χ1) is 12.1. The van der Waals surface area contributed by atoms with Crippen LogP contribution in [0.5, 0.6) is 0 Å². The lowest BCUT2D eigenvalue weighted by Gasteiger charge is -2.17. The van der Waals surface area contributed by atoms with Crippen LogP contribution in [0.4, 0.5) is 10.5 Å². The van der Waals surface area contributed by atoms with Gasteiger partial charge in [-0.2, -0.15) is 0 Å². The number of carbonyl (C=O) groups excluding carboxylic acids is 2. The SMILES string of the molecule is C=C1SC(=O)N(c2cccc3c2ccn3C(C)c2ccccc2)C1=O. The van der Waals surface area contributed by atoms with Crippen LogP contribution < -0.4 is 4.90 Å². The highest BCUT2D eigenvalue weighted by Crippen LogP contribution is 2.38. The van der Waals surface area contributed by atoms with E-state index in [0.717, 1.165) is 22.7 Å². The lowest BCUT2D eigenvalue weighted by Crippen LogP contribution is -2.27. The molecular weight excluding hydrogens is 332 g/mol. The Bertz CT molecular complexity index is 1010. The number of hydrogen-bond acceptors (Lipinski definition) is 3. The summed E-state index contributed by atoms with van der Waals surface area (Å²) in [6.07, 6.45) is 2.00. The van der Waals surface area contributed by atoms with Gasteiger partial charge in [0.25, 0.3) is 11.1 Å². The largest absolute Gasteiger partial charge is 0.340 e. The van der Waals surface area contributed by atoms with Gasteiger partial charge in [-0.05, 0) is 42.4 Å². The van der Waals surface area contributed by atoms with Gasteiger partial charge in [0.2, 0.25) is 0 Å². The van der Waals surface area contributed by atoms with Crippen molar-refractivity contribution in [3.63, 3.8) is 0 Å². The third kappa shape index (κ3) is 2.48. The highest BCUT2D eigenvalue weighted by Gasteiger charge is 2.36. The minimum Gasteiger partial charge on any atom is -0.340 e. The second-order valence-corrected chi connectivity index (χ2v) is 7.00. The summed E-state index contributed by atoms with van der Waals surface area (Å²) in [6, 6.07) is 18.0. The molecule has 1 fully saturated rings. The number of amides is 2. The van der Waals surface area contributed by atoms with Crippen LogP contribution in [0.2, 0.25) is 0 Å². The average molecular weight is 348 g/mol. The van der Waals surface area contributed by atoms with Gasteiger partial charge in [-0.25, -0.2) is 4.90 Å². The number of carbonyl (C=O) groups is 2. The molecule has 2 amide bonds. The summed E-state index contributed by atoms with van der Waals surface area (Å²) in [6.45, 7) is 5.79. The molecule has 1 aliphatic heterocycles. The first-order valence-corrected chi connectivity index (χ1v) is 8.79. The van der Waals surface area contributed by atoms with E-state index < -0.39 is 0 Å². The maximum atomic E-state index is 12.3. The highest BCUT2D eigenvalue weighted by atomic mass is 32.2. The molecule has 2 heterocycles. The summed E-state index contributed by atoms with van der Waals surface area (Å²) in [5.74, 6) is -0.341. The van der Waals surface area contributed by atoms with E-state index in [1.807, 2.05) is 42.6 Å². The number of imide groups is 1. The quantitative estimate of drug-likeness (QED) is 0.628. The monoisotopic (exact) mass is 348 g/mol. The van der Waals surface area contributed by atoms with E-state index in [4.69, 9.17) is 0 Å². The standard InChI is InChI=1S/C20H16N2O2S/c1-13(15-7-4-3-5-8-15)21-12-11-16-17(21)9-6-10-18(16)22-19(23)14(2)25-20(22)24/h3-13H,2H2,1H3. The molecular formula is C20H16N2O2S. The fourth-order valence-electron chi connectivity index (χ4n) is 3.21. The van der Waals surface area contributed by atoms with Crippen LogP contribution in [-0.2, 0) is 4.79 Å². The molecule has 4 rings (SSSR count). The Morgan fingerprint density at radius 1 is 1.00 bits per heavy atom. The van der Waals surface area contributed by atoms with Gasteiger partial charge in [-0.1, -0.05) is 43.0 Å². The molecule has 3 aromatic rings. The second-order valence-electron chi connectivity index (χ2n) is 5.95. The van der Waals surface area contributed by atoms with Gasteiger partial charge in [0.1, 0.15) is 0 Å². The van der Waals surface area contributed by atoms with Gasteiger partial charge in [0.15, 0.2) is 0 Å². The van der Waals surface area contributed by atoms with E-state index in [0.29, 0.717) is 5.69 Å². The van der Waals surface area contributed by atoms with Gasteiger partial charge in [0.05, 0.1) is 22.2 Å². The molecule has 0 radical (unpaired) electrons. The van der Waals surface area contributed by atoms with Crippen LogP contribution >= 0.6 is 11.8 Å². The van der Waals surface area contributed by atoms with E-state index >= 15 is 0 Å². The molecule has 124 valence electrons. The van der Waals surface area contributed by atoms with Crippen LogP contribution in [-0.4, -0.2) is 15.7 Å². The average Bonchev–Trinajstić information content (AvgIpc) is 3.16. The van der Waals surface area contributed by atoms with Crippen molar-refractivity contribution in [2.45, 2.75) is 13.0 Å². The molecule has 1 aromatic heterocycles. The smallest absolute Gasteiger partial charge is 0.298 e. The van der Waals surface area contributed by atoms with Crippen molar-refractivity contribution in [2.75, 3.05) is 4.90 Å². The molecule has 2 aromatic carbocycles. The van der Waals surface area contributed by atoms with E-state index in [1.165, 1.54) is 10.5 Å². The van der Waals surface area contributed by atoms with E-state index in [1.54, 1.807) is 6.07 Å². The minimum absolute atomic E-state index is 0.142. The Kier molecular flexibility index (Phi) is 3.73. The molecule has 1 atom stereocenters. The zero-order chi connectivity index (χ0) is 17.6. The van der Waals surface area contributed by atoms with E-state index in [2.05, 4.69) is 30.2 Å². The Hall–Kier alpha value is -2.79. The van der Waals surface area contributed by atoms with Crippen molar-refractivity contribution < 1.29 is 9.59 Å². The molecule has 1 saturated heterocycles. The Morgan fingerprint density at radius 3 is 2.44 bits per heavy atom. The number of benzene rings is 2. The maximum absolute atomic E-state index is 12.3. The summed E-state index contributed by atoms with van der Waals surface area (Å²) in [5, 5.41) is 0.577. The van der Waals surface area contributed by atoms with Crippen LogP contribution in [0, 0.1) is 0 Å². The summed E-state index contributed by atoms with van der Waals surface area (Å²) < 4.78 is 2.15. The maximum Gasteiger partial charge on any atom is 0.298 e. The number of hydrogen-bond donors (Lipinski definition) is 0. The molecule has 0 aliphatic carbocycles. The summed E-state index contributed by atoms with van der Waals surface area (Å²) >= 11 is 0.886. The first-order valence-electron chi connectivity index (χ1n) is 7.97. The molecule has 0 spiro atoms. The van der Waals surface area contributed by atoms with Crippen molar-refractivity contribution in [3.8, 4) is 0 Å². The molecule has 0 bridgehead atoms. The van der Waals surface area contributed by atoms with Crippen LogP contribution in [0.3, 0.4) is 0 Å². The Labute approximate surface area is 149 Å². The number of rotatable bonds is 3. The molecule has 5 heteroatoms. The third-order valence-corrected chi connectivity index (χ3v) is 5.29. The zero-order valence-corrected chi connectivity index (χ0v) is 14.5. The topological polar surface area (TPSA) is 42.3 Å². The molecule has 4 nitrogen and oxygen atoms in total. The van der Waals surface area contributed by atoms with Crippen LogP contribution in [0.1, 0.15) is 18.5 Å². The van der Waals surface area contributed by atoms with Gasteiger partial charge >= 0.3 is 0 Å². The molecule has 1 unspecified atom stereocenters. The summed E-state index contributed by atoms with van der Waals surface area (Å²) in [7, 11) is 0. The summed E-state index contributed by atoms with van der Waals surface area (Å²) in [4.78, 5) is 26.0. The number of anilines is 1. The second kappa shape index (κ2) is 5.93. The van der Waals surface area contributed by atoms with Gasteiger partial charge < -0.3 is 4.57 Å². The summed E-state index contributed by atoms with van der Waals surface area (Å²) in [5.41, 5.74) is 2.79. The predicted molar refractivity (Wildman–Crippen MR) is 102 cm³/mol. The fourth-order valence-corrected chi connectivity index (χ4v) is 3.87. The van der Waals surface area contributed by atoms with Gasteiger partial charge in [0, 0.05) is 11.6 Å². The van der Waals surface area contributed by atoms with Crippen molar-refractivity contribution in [2.24, 2.45) is 0 Å². The third-order valence-electron chi connectivity index (χ3n) is 4.51. The Morgan fingerprint density at radius 2 is 1.76 bits per heavy atom. The van der Waals surface area contributed by atoms with E-state index in [9.17, 15) is 9.59 Å². The lowest BCUT2D eigenvalue weighted by molar-refractivity contribution is -0.113. The van der Waals surface area contributed by atoms with Gasteiger partial charge in [-0.15, -0.1) is 0 Å². The molecule has 25 heavy (non-hydrogen) atoms.